The summed E-state index contributed by atoms with van der Waals surface area (Å²) in [6.45, 7) is 5.11. The van der Waals surface area contributed by atoms with E-state index in [0.29, 0.717) is 30.0 Å². The number of fused-ring (bicyclic) bond motifs is 1. The summed E-state index contributed by atoms with van der Waals surface area (Å²) >= 11 is 0. The highest BCUT2D eigenvalue weighted by molar-refractivity contribution is 7.46. The second-order valence-corrected chi connectivity index (χ2v) is 12.5. The quantitative estimate of drug-likeness (QED) is 0.0862. The summed E-state index contributed by atoms with van der Waals surface area (Å²) in [5.74, 6) is 0.886. The van der Waals surface area contributed by atoms with Crippen molar-refractivity contribution in [2.75, 3.05) is 13.2 Å². The SMILES string of the molecule is CC(CCCCCCCCCCCCCN1C(=O)c2ccccc2C1=O)CCCC(C)CCOP(=O)(O)O. The summed E-state index contributed by atoms with van der Waals surface area (Å²) in [6, 6.07) is 7.09. The molecular weight excluding hydrogens is 501 g/mol. The smallest absolute Gasteiger partial charge is 0.303 e. The summed E-state index contributed by atoms with van der Waals surface area (Å²) in [5.41, 5.74) is 1.08. The minimum Gasteiger partial charge on any atom is -0.303 e. The molecule has 0 saturated carbocycles. The van der Waals surface area contributed by atoms with Crippen LogP contribution < -0.4 is 0 Å². The molecular formula is C30H50NO6P. The lowest BCUT2D eigenvalue weighted by atomic mass is 9.93. The standard InChI is InChI=1S/C30H50NO6P/c1-25(18-16-19-26(2)22-24-37-38(34,35)36)17-12-10-8-6-4-3-5-7-9-11-15-23-31-29(32)27-20-13-14-21-28(27)30(31)33/h13-14,20-21,25-26H,3-12,15-19,22-24H2,1-2H3,(H2,34,35,36). The Morgan fingerprint density at radius 2 is 1.11 bits per heavy atom. The molecule has 2 amide bonds. The van der Waals surface area contributed by atoms with Crippen molar-refractivity contribution in [1.82, 2.24) is 4.90 Å². The van der Waals surface area contributed by atoms with Gasteiger partial charge in [0.25, 0.3) is 11.8 Å². The first-order valence-corrected chi connectivity index (χ1v) is 16.4. The summed E-state index contributed by atoms with van der Waals surface area (Å²) in [6.07, 6.45) is 19.0. The number of phosphoric acid groups is 1. The Kier molecular flexibility index (Phi) is 15.4. The lowest BCUT2D eigenvalue weighted by Gasteiger charge is -2.14. The Labute approximate surface area is 230 Å². The van der Waals surface area contributed by atoms with Crippen molar-refractivity contribution in [3.63, 3.8) is 0 Å². The fourth-order valence-electron chi connectivity index (χ4n) is 5.27. The highest BCUT2D eigenvalue weighted by atomic mass is 31.2. The van der Waals surface area contributed by atoms with E-state index >= 15 is 0 Å². The van der Waals surface area contributed by atoms with Crippen molar-refractivity contribution >= 4 is 19.6 Å². The summed E-state index contributed by atoms with van der Waals surface area (Å²) in [4.78, 5) is 43.6. The van der Waals surface area contributed by atoms with Crippen LogP contribution in [0, 0.1) is 11.8 Å². The topological polar surface area (TPSA) is 104 Å². The molecule has 2 atom stereocenters. The Bertz CT molecular complexity index is 850. The molecule has 7 nitrogen and oxygen atoms in total. The van der Waals surface area contributed by atoms with Gasteiger partial charge >= 0.3 is 7.82 Å². The highest BCUT2D eigenvalue weighted by Crippen LogP contribution is 2.36. The molecule has 216 valence electrons. The maximum Gasteiger partial charge on any atom is 0.469 e. The van der Waals surface area contributed by atoms with Gasteiger partial charge < -0.3 is 9.79 Å². The van der Waals surface area contributed by atoms with Gasteiger partial charge in [0, 0.05) is 6.54 Å². The molecule has 0 aromatic heterocycles. The number of amides is 2. The summed E-state index contributed by atoms with van der Waals surface area (Å²) in [7, 11) is -4.33. The molecule has 1 heterocycles. The van der Waals surface area contributed by atoms with E-state index < -0.39 is 7.82 Å². The molecule has 1 aromatic rings. The van der Waals surface area contributed by atoms with E-state index in [1.54, 1.807) is 12.1 Å². The maximum atomic E-state index is 12.4. The van der Waals surface area contributed by atoms with E-state index in [1.165, 1.54) is 81.9 Å². The third-order valence-electron chi connectivity index (χ3n) is 7.72. The van der Waals surface area contributed by atoms with Crippen LogP contribution in [-0.2, 0) is 9.09 Å². The van der Waals surface area contributed by atoms with Crippen molar-refractivity contribution in [2.24, 2.45) is 11.8 Å². The first kappa shape index (κ1) is 32.7. The Hall–Kier alpha value is -1.53. The number of rotatable bonds is 22. The van der Waals surface area contributed by atoms with E-state index in [4.69, 9.17) is 9.79 Å². The number of carbonyl (C=O) groups is 2. The number of phosphoric ester groups is 1. The Morgan fingerprint density at radius 3 is 1.61 bits per heavy atom. The summed E-state index contributed by atoms with van der Waals surface area (Å²) < 4.78 is 15.2. The number of unbranched alkanes of at least 4 members (excludes halogenated alkanes) is 10. The fourth-order valence-corrected chi connectivity index (χ4v) is 5.62. The molecule has 2 N–H and O–H groups in total. The lowest BCUT2D eigenvalue weighted by molar-refractivity contribution is 0.0651. The van der Waals surface area contributed by atoms with Gasteiger partial charge in [-0.3, -0.25) is 19.0 Å². The lowest BCUT2D eigenvalue weighted by Crippen LogP contribution is -2.30. The van der Waals surface area contributed by atoms with E-state index in [2.05, 4.69) is 18.4 Å². The first-order valence-electron chi connectivity index (χ1n) is 14.8. The van der Waals surface area contributed by atoms with Crippen molar-refractivity contribution in [3.8, 4) is 0 Å². The van der Waals surface area contributed by atoms with E-state index in [-0.39, 0.29) is 18.4 Å². The van der Waals surface area contributed by atoms with Crippen LogP contribution in [0.1, 0.15) is 137 Å². The number of benzene rings is 1. The van der Waals surface area contributed by atoms with Crippen LogP contribution in [0.25, 0.3) is 0 Å². The van der Waals surface area contributed by atoms with Crippen molar-refractivity contribution in [1.29, 1.82) is 0 Å². The minimum absolute atomic E-state index is 0.127. The second kappa shape index (κ2) is 17.9. The van der Waals surface area contributed by atoms with Gasteiger partial charge in [-0.2, -0.15) is 0 Å². The van der Waals surface area contributed by atoms with Crippen LogP contribution in [0.3, 0.4) is 0 Å². The molecule has 0 saturated heterocycles. The molecule has 2 unspecified atom stereocenters. The molecule has 0 fully saturated rings. The van der Waals surface area contributed by atoms with Crippen molar-refractivity contribution in [3.05, 3.63) is 35.4 Å². The Morgan fingerprint density at radius 1 is 0.684 bits per heavy atom. The van der Waals surface area contributed by atoms with Crippen LogP contribution in [-0.4, -0.2) is 39.7 Å². The van der Waals surface area contributed by atoms with Gasteiger partial charge in [-0.1, -0.05) is 116 Å². The second-order valence-electron chi connectivity index (χ2n) is 11.2. The minimum atomic E-state index is -4.33. The molecule has 0 aliphatic carbocycles. The normalized spacial score (nSPS) is 15.2. The van der Waals surface area contributed by atoms with Crippen LogP contribution in [0.4, 0.5) is 0 Å². The predicted molar refractivity (Wildman–Crippen MR) is 152 cm³/mol. The molecule has 38 heavy (non-hydrogen) atoms. The van der Waals surface area contributed by atoms with Crippen LogP contribution >= 0.6 is 7.82 Å². The average molecular weight is 552 g/mol. The molecule has 1 aliphatic rings. The molecule has 1 aromatic carbocycles. The van der Waals surface area contributed by atoms with Crippen LogP contribution in [0.15, 0.2) is 24.3 Å². The van der Waals surface area contributed by atoms with E-state index in [9.17, 15) is 14.2 Å². The third-order valence-corrected chi connectivity index (χ3v) is 8.24. The van der Waals surface area contributed by atoms with Gasteiger partial charge in [0.15, 0.2) is 0 Å². The largest absolute Gasteiger partial charge is 0.469 e. The van der Waals surface area contributed by atoms with Gasteiger partial charge in [-0.25, -0.2) is 4.57 Å². The van der Waals surface area contributed by atoms with Gasteiger partial charge in [0.2, 0.25) is 0 Å². The first-order chi connectivity index (χ1) is 18.2. The molecule has 0 bridgehead atoms. The average Bonchev–Trinajstić information content (AvgIpc) is 3.11. The zero-order valence-electron chi connectivity index (χ0n) is 23.6. The molecule has 0 radical (unpaired) electrons. The molecule has 1 aliphatic heterocycles. The monoisotopic (exact) mass is 551 g/mol. The third kappa shape index (κ3) is 13.0. The number of hydrogen-bond donors (Lipinski definition) is 2. The van der Waals surface area contributed by atoms with Gasteiger partial charge in [0.1, 0.15) is 0 Å². The number of nitrogens with zero attached hydrogens (tertiary/aromatic N) is 1. The fraction of sp³-hybridized carbons (Fsp3) is 0.733. The van der Waals surface area contributed by atoms with Gasteiger partial charge in [-0.15, -0.1) is 0 Å². The maximum absolute atomic E-state index is 12.4. The van der Waals surface area contributed by atoms with E-state index in [1.807, 2.05) is 12.1 Å². The zero-order valence-corrected chi connectivity index (χ0v) is 24.5. The van der Waals surface area contributed by atoms with Crippen LogP contribution in [0.2, 0.25) is 0 Å². The number of carbonyl (C=O) groups excluding carboxylic acids is 2. The highest BCUT2D eigenvalue weighted by Gasteiger charge is 2.34. The number of imide groups is 1. The molecule has 8 heteroatoms. The van der Waals surface area contributed by atoms with E-state index in [0.717, 1.165) is 25.2 Å². The van der Waals surface area contributed by atoms with Crippen LogP contribution in [0.5, 0.6) is 0 Å². The van der Waals surface area contributed by atoms with Gasteiger partial charge in [-0.05, 0) is 36.8 Å². The predicted octanol–water partition coefficient (Wildman–Crippen LogP) is 7.91. The molecule has 0 spiro atoms. The zero-order chi connectivity index (χ0) is 27.8. The van der Waals surface area contributed by atoms with Crippen molar-refractivity contribution < 1.29 is 28.5 Å². The number of hydrogen-bond acceptors (Lipinski definition) is 4. The summed E-state index contributed by atoms with van der Waals surface area (Å²) in [5, 5.41) is 0. The van der Waals surface area contributed by atoms with Crippen molar-refractivity contribution in [2.45, 2.75) is 117 Å². The molecule has 2 rings (SSSR count). The van der Waals surface area contributed by atoms with Gasteiger partial charge in [0.05, 0.1) is 17.7 Å². The Balaban J connectivity index is 1.33.